The van der Waals surface area contributed by atoms with E-state index in [2.05, 4.69) is 15.3 Å². The van der Waals surface area contributed by atoms with Crippen molar-refractivity contribution >= 4 is 41.6 Å². The monoisotopic (exact) mass is 286 g/mol. The van der Waals surface area contributed by atoms with E-state index in [1.165, 1.54) is 4.68 Å². The second-order valence-corrected chi connectivity index (χ2v) is 4.51. The highest BCUT2D eigenvalue weighted by atomic mass is 35.5. The molecule has 0 aliphatic carbocycles. The lowest BCUT2D eigenvalue weighted by Crippen LogP contribution is -1.93. The van der Waals surface area contributed by atoms with Crippen molar-refractivity contribution < 1.29 is 0 Å². The number of halogens is 2. The smallest absolute Gasteiger partial charge is 0.216 e. The minimum Gasteiger partial charge on any atom is -0.250 e. The zero-order valence-corrected chi connectivity index (χ0v) is 11.1. The van der Waals surface area contributed by atoms with E-state index in [0.29, 0.717) is 20.6 Å². The summed E-state index contributed by atoms with van der Waals surface area (Å²) in [5.74, 6) is 0.686. The van der Waals surface area contributed by atoms with Crippen molar-refractivity contribution in [3.63, 3.8) is 0 Å². The third-order valence-corrected chi connectivity index (χ3v) is 3.08. The van der Waals surface area contributed by atoms with Crippen molar-refractivity contribution in [2.45, 2.75) is 6.92 Å². The van der Waals surface area contributed by atoms with Crippen LogP contribution in [0.5, 0.6) is 0 Å². The first-order valence-corrected chi connectivity index (χ1v) is 5.88. The zero-order valence-electron chi connectivity index (χ0n) is 8.82. The van der Waals surface area contributed by atoms with Crippen LogP contribution < -0.4 is 0 Å². The van der Waals surface area contributed by atoms with E-state index in [1.54, 1.807) is 25.3 Å². The summed E-state index contributed by atoms with van der Waals surface area (Å²) in [5, 5.41) is 11.8. The maximum atomic E-state index is 5.90. The van der Waals surface area contributed by atoms with Crippen molar-refractivity contribution in [1.29, 1.82) is 0 Å². The van der Waals surface area contributed by atoms with Gasteiger partial charge in [0.25, 0.3) is 0 Å². The molecule has 0 radical (unpaired) electrons. The van der Waals surface area contributed by atoms with Crippen molar-refractivity contribution in [1.82, 2.24) is 14.9 Å². The Labute approximate surface area is 113 Å². The number of hydrogen-bond donors (Lipinski definition) is 1. The summed E-state index contributed by atoms with van der Waals surface area (Å²) in [6.45, 7) is 1.80. The Morgan fingerprint density at radius 1 is 1.41 bits per heavy atom. The molecule has 1 N–H and O–H groups in total. The molecule has 1 heterocycles. The van der Waals surface area contributed by atoms with Crippen LogP contribution in [0.1, 0.15) is 11.4 Å². The summed E-state index contributed by atoms with van der Waals surface area (Å²) in [6, 6.07) is 5.26. The highest BCUT2D eigenvalue weighted by Crippen LogP contribution is 2.21. The second kappa shape index (κ2) is 5.00. The molecular weight excluding hydrogens is 279 g/mol. The van der Waals surface area contributed by atoms with E-state index >= 15 is 0 Å². The predicted octanol–water partition coefficient (Wildman–Crippen LogP) is 3.44. The van der Waals surface area contributed by atoms with Gasteiger partial charge in [0, 0.05) is 0 Å². The normalized spacial score (nSPS) is 11.2. The quantitative estimate of drug-likeness (QED) is 0.679. The number of aromatic nitrogens is 3. The topological polar surface area (TPSA) is 46.0 Å². The number of hydrogen-bond acceptors (Lipinski definition) is 3. The fraction of sp³-hybridized carbons (Fsp3) is 0.100. The lowest BCUT2D eigenvalue weighted by atomic mass is 10.2. The maximum absolute atomic E-state index is 5.90. The summed E-state index contributed by atoms with van der Waals surface area (Å²) in [4.78, 5) is 0. The predicted molar refractivity (Wildman–Crippen MR) is 71.6 cm³/mol. The van der Waals surface area contributed by atoms with Crippen LogP contribution in [0.2, 0.25) is 10.0 Å². The molecule has 2 rings (SSSR count). The van der Waals surface area contributed by atoms with Crippen LogP contribution in [-0.2, 0) is 0 Å². The summed E-state index contributed by atoms with van der Waals surface area (Å²) >= 11 is 16.7. The van der Waals surface area contributed by atoms with Gasteiger partial charge in [-0.3, -0.25) is 5.10 Å². The Morgan fingerprint density at radius 3 is 2.76 bits per heavy atom. The Kier molecular flexibility index (Phi) is 3.61. The first-order chi connectivity index (χ1) is 8.08. The van der Waals surface area contributed by atoms with Gasteiger partial charge in [-0.1, -0.05) is 29.3 Å². The lowest BCUT2D eigenvalue weighted by molar-refractivity contribution is 0.821. The molecule has 0 saturated heterocycles. The van der Waals surface area contributed by atoms with Gasteiger partial charge in [-0.15, -0.1) is 0 Å². The van der Waals surface area contributed by atoms with Crippen molar-refractivity contribution in [3.8, 4) is 0 Å². The minimum absolute atomic E-state index is 0.443. The summed E-state index contributed by atoms with van der Waals surface area (Å²) in [7, 11) is 0. The van der Waals surface area contributed by atoms with Gasteiger partial charge in [-0.05, 0) is 36.8 Å². The number of benzene rings is 1. The first-order valence-electron chi connectivity index (χ1n) is 4.71. The lowest BCUT2D eigenvalue weighted by Gasteiger charge is -1.97. The molecule has 88 valence electrons. The van der Waals surface area contributed by atoms with E-state index in [4.69, 9.17) is 35.4 Å². The van der Waals surface area contributed by atoms with E-state index in [9.17, 15) is 0 Å². The molecule has 4 nitrogen and oxygen atoms in total. The van der Waals surface area contributed by atoms with Gasteiger partial charge in [0.1, 0.15) is 5.82 Å². The van der Waals surface area contributed by atoms with E-state index in [-0.39, 0.29) is 0 Å². The van der Waals surface area contributed by atoms with Crippen LogP contribution in [0.3, 0.4) is 0 Å². The van der Waals surface area contributed by atoms with Gasteiger partial charge < -0.3 is 0 Å². The molecule has 0 aliphatic rings. The number of aryl methyl sites for hydroxylation is 1. The molecule has 0 atom stereocenters. The van der Waals surface area contributed by atoms with Gasteiger partial charge in [-0.25, -0.2) is 0 Å². The van der Waals surface area contributed by atoms with Crippen molar-refractivity contribution in [2.75, 3.05) is 0 Å². The molecule has 0 spiro atoms. The van der Waals surface area contributed by atoms with Crippen LogP contribution in [0, 0.1) is 11.7 Å². The number of rotatable bonds is 2. The molecule has 1 aromatic heterocycles. The fourth-order valence-corrected chi connectivity index (χ4v) is 1.75. The molecule has 0 saturated carbocycles. The fourth-order valence-electron chi connectivity index (χ4n) is 1.22. The third kappa shape index (κ3) is 2.74. The highest BCUT2D eigenvalue weighted by molar-refractivity contribution is 7.71. The average molecular weight is 287 g/mol. The van der Waals surface area contributed by atoms with Crippen LogP contribution in [-0.4, -0.2) is 21.1 Å². The molecule has 0 bridgehead atoms. The molecule has 0 aliphatic heterocycles. The first kappa shape index (κ1) is 12.3. The summed E-state index contributed by atoms with van der Waals surface area (Å²) in [6.07, 6.45) is 1.64. The van der Waals surface area contributed by atoms with E-state index in [0.717, 1.165) is 5.56 Å². The molecular formula is C10H8Cl2N4S. The van der Waals surface area contributed by atoms with Gasteiger partial charge >= 0.3 is 0 Å². The molecule has 0 unspecified atom stereocenters. The molecule has 7 heteroatoms. The number of H-pyrrole nitrogens is 1. The van der Waals surface area contributed by atoms with Crippen molar-refractivity contribution in [3.05, 3.63) is 44.4 Å². The molecule has 1 aromatic carbocycles. The molecule has 17 heavy (non-hydrogen) atoms. The Balaban J connectivity index is 2.32. The SMILES string of the molecule is Cc1n[nH]c(=S)n1N=Cc1ccc(Cl)c(Cl)c1. The van der Waals surface area contributed by atoms with Crippen LogP contribution in [0.15, 0.2) is 23.3 Å². The van der Waals surface area contributed by atoms with Gasteiger partial charge in [-0.2, -0.15) is 14.9 Å². The largest absolute Gasteiger partial charge is 0.250 e. The van der Waals surface area contributed by atoms with Gasteiger partial charge in [0.2, 0.25) is 4.77 Å². The van der Waals surface area contributed by atoms with Crippen LogP contribution in [0.4, 0.5) is 0 Å². The van der Waals surface area contributed by atoms with Crippen molar-refractivity contribution in [2.24, 2.45) is 5.10 Å². The average Bonchev–Trinajstić information content (AvgIpc) is 2.61. The zero-order chi connectivity index (χ0) is 12.4. The summed E-state index contributed by atoms with van der Waals surface area (Å²) in [5.41, 5.74) is 0.835. The Hall–Kier alpha value is -1.17. The number of nitrogens with zero attached hydrogens (tertiary/aromatic N) is 3. The van der Waals surface area contributed by atoms with Gasteiger partial charge in [0.05, 0.1) is 16.3 Å². The Bertz CT molecular complexity index is 629. The van der Waals surface area contributed by atoms with Gasteiger partial charge in [0.15, 0.2) is 0 Å². The van der Waals surface area contributed by atoms with E-state index < -0.39 is 0 Å². The standard InChI is InChI=1S/C10H8Cl2N4S/c1-6-14-15-10(17)16(6)13-5-7-2-3-8(11)9(12)4-7/h2-5H,1H3,(H,15,17). The molecule has 0 fully saturated rings. The second-order valence-electron chi connectivity index (χ2n) is 3.31. The number of nitrogens with one attached hydrogen (secondary N) is 1. The Morgan fingerprint density at radius 2 is 2.18 bits per heavy atom. The number of aromatic amines is 1. The molecule has 2 aromatic rings. The molecule has 0 amide bonds. The highest BCUT2D eigenvalue weighted by Gasteiger charge is 1.99. The van der Waals surface area contributed by atoms with Crippen LogP contribution >= 0.6 is 35.4 Å². The maximum Gasteiger partial charge on any atom is 0.216 e. The van der Waals surface area contributed by atoms with Crippen LogP contribution in [0.25, 0.3) is 0 Å². The van der Waals surface area contributed by atoms with E-state index in [1.807, 2.05) is 6.07 Å². The third-order valence-electron chi connectivity index (χ3n) is 2.08. The minimum atomic E-state index is 0.443. The summed E-state index contributed by atoms with van der Waals surface area (Å²) < 4.78 is 1.97.